The number of hydrogen-bond acceptors (Lipinski definition) is 10. The highest BCUT2D eigenvalue weighted by Gasteiger charge is 2.51. The number of benzene rings is 4. The van der Waals surface area contributed by atoms with Crippen molar-refractivity contribution in [2.75, 3.05) is 19.8 Å². The van der Waals surface area contributed by atoms with Crippen LogP contribution in [0.2, 0.25) is 5.04 Å². The zero-order valence-electron chi connectivity index (χ0n) is 35.7. The molecule has 14 nitrogen and oxygen atoms in total. The topological polar surface area (TPSA) is 224 Å². The van der Waals surface area contributed by atoms with Crippen molar-refractivity contribution in [3.05, 3.63) is 120 Å². The Morgan fingerprint density at radius 1 is 0.710 bits per heavy atom. The van der Waals surface area contributed by atoms with E-state index in [1.807, 2.05) is 130 Å². The second-order valence-electron chi connectivity index (χ2n) is 17.0. The zero-order chi connectivity index (χ0) is 45.2. The van der Waals surface area contributed by atoms with E-state index < -0.39 is 92.6 Å². The number of fused-ring (bicyclic) bond motifs is 3. The van der Waals surface area contributed by atoms with Gasteiger partial charge in [-0.05, 0) is 50.0 Å². The summed E-state index contributed by atoms with van der Waals surface area (Å²) in [7, 11) is -3.10. The molecule has 6 atom stereocenters. The van der Waals surface area contributed by atoms with Crippen molar-refractivity contribution in [1.82, 2.24) is 16.0 Å². The first-order chi connectivity index (χ1) is 29.5. The quantitative estimate of drug-likeness (QED) is 0.0603. The van der Waals surface area contributed by atoms with Crippen LogP contribution in [0.25, 0.3) is 11.1 Å². The number of aliphatic hydroxyl groups excluding tert-OH is 4. The fraction of sp³-hybridized carbons (Fsp3) is 0.404. The van der Waals surface area contributed by atoms with Gasteiger partial charge in [0.2, 0.25) is 11.8 Å². The standard InChI is InChI=1S/C47H59N3O11Si/c1-29(2)41(50-46(59)60-27-36-34-22-14-12-20-32(34)33-21-13-15-23-35(33)36)44(56)49-37(45(57)58)24-25-40(53)48-26-38(51)42(54)43(55)39(52)28-61-62(47(3,4)5,30-16-8-6-9-17-30)31-18-10-7-11-19-31/h6-23,29,36-39,41-43,51-52,54-55H,24-28H2,1-5H3,(H,48,53)(H,49,56)(H,50,59)(H,57,58)/t37-,38-,39+,41-,42+,43+/m0/s1. The molecule has 0 saturated heterocycles. The summed E-state index contributed by atoms with van der Waals surface area (Å²) >= 11 is 0. The summed E-state index contributed by atoms with van der Waals surface area (Å²) in [5.41, 5.74) is 4.15. The molecule has 4 aromatic carbocycles. The van der Waals surface area contributed by atoms with Gasteiger partial charge in [-0.15, -0.1) is 0 Å². The Bertz CT molecular complexity index is 2050. The van der Waals surface area contributed by atoms with E-state index in [2.05, 4.69) is 16.0 Å². The van der Waals surface area contributed by atoms with Crippen LogP contribution in [-0.4, -0.2) is 114 Å². The fourth-order valence-corrected chi connectivity index (χ4v) is 12.6. The van der Waals surface area contributed by atoms with Gasteiger partial charge in [-0.1, -0.05) is 144 Å². The largest absolute Gasteiger partial charge is 0.480 e. The number of carboxylic acids is 1. The van der Waals surface area contributed by atoms with E-state index in [1.54, 1.807) is 13.8 Å². The molecule has 15 heteroatoms. The number of nitrogens with one attached hydrogen (secondary N) is 3. The third-order valence-corrected chi connectivity index (χ3v) is 16.4. The SMILES string of the molecule is CC(C)[C@H](NC(=O)OCC1c2ccccc2-c2ccccc21)C(=O)N[C@@H](CCC(=O)NC[C@H](O)[C@@H](O)[C@H](O)[C@H](O)CO[Si](c1ccccc1)(c1ccccc1)C(C)(C)C)C(=O)O. The molecule has 0 aliphatic heterocycles. The Balaban J connectivity index is 1.10. The van der Waals surface area contributed by atoms with Crippen molar-refractivity contribution in [2.45, 2.75) is 94.9 Å². The van der Waals surface area contributed by atoms with Gasteiger partial charge in [0.25, 0.3) is 8.32 Å². The maximum absolute atomic E-state index is 13.3. The van der Waals surface area contributed by atoms with E-state index in [1.165, 1.54) is 0 Å². The number of aliphatic carboxylic acids is 1. The molecule has 4 aromatic rings. The zero-order valence-corrected chi connectivity index (χ0v) is 36.7. The normalized spacial score (nSPS) is 15.6. The number of rotatable bonds is 20. The Kier molecular flexibility index (Phi) is 16.2. The van der Waals surface area contributed by atoms with Gasteiger partial charge in [0.05, 0.1) is 12.7 Å². The monoisotopic (exact) mass is 869 g/mol. The minimum absolute atomic E-state index is 0.0157. The summed E-state index contributed by atoms with van der Waals surface area (Å²) in [5.74, 6) is -3.57. The summed E-state index contributed by atoms with van der Waals surface area (Å²) < 4.78 is 12.2. The minimum atomic E-state index is -3.10. The van der Waals surface area contributed by atoms with E-state index >= 15 is 0 Å². The van der Waals surface area contributed by atoms with Crippen molar-refractivity contribution < 1.29 is 53.9 Å². The van der Waals surface area contributed by atoms with Crippen molar-refractivity contribution >= 4 is 42.6 Å². The Labute approximate surface area is 363 Å². The number of alkyl carbamates (subject to hydrolysis) is 1. The van der Waals surface area contributed by atoms with Crippen LogP contribution in [0, 0.1) is 5.92 Å². The van der Waals surface area contributed by atoms with Gasteiger partial charge in [0.15, 0.2) is 0 Å². The second kappa shape index (κ2) is 21.1. The number of carbonyl (C=O) groups excluding carboxylic acids is 3. The molecule has 0 spiro atoms. The van der Waals surface area contributed by atoms with Crippen LogP contribution in [0.15, 0.2) is 109 Å². The van der Waals surface area contributed by atoms with Crippen LogP contribution in [0.5, 0.6) is 0 Å². The summed E-state index contributed by atoms with van der Waals surface area (Å²) in [6.07, 6.45) is -8.69. The number of ether oxygens (including phenoxy) is 1. The molecule has 332 valence electrons. The number of carboxylic acid groups (broad SMARTS) is 1. The molecule has 0 fully saturated rings. The van der Waals surface area contributed by atoms with Gasteiger partial charge in [-0.2, -0.15) is 0 Å². The third-order valence-electron chi connectivity index (χ3n) is 11.4. The first-order valence-electron chi connectivity index (χ1n) is 20.8. The van der Waals surface area contributed by atoms with Gasteiger partial charge in [0, 0.05) is 18.9 Å². The highest BCUT2D eigenvalue weighted by Crippen LogP contribution is 2.44. The van der Waals surface area contributed by atoms with Crippen LogP contribution in [-0.2, 0) is 23.5 Å². The lowest BCUT2D eigenvalue weighted by Crippen LogP contribution is -2.67. The minimum Gasteiger partial charge on any atom is -0.480 e. The average molecular weight is 870 g/mol. The lowest BCUT2D eigenvalue weighted by Gasteiger charge is -2.43. The molecule has 8 N–H and O–H groups in total. The molecule has 62 heavy (non-hydrogen) atoms. The molecule has 1 aliphatic carbocycles. The highest BCUT2D eigenvalue weighted by molar-refractivity contribution is 6.99. The van der Waals surface area contributed by atoms with E-state index in [0.29, 0.717) is 0 Å². The maximum Gasteiger partial charge on any atom is 0.407 e. The van der Waals surface area contributed by atoms with Crippen LogP contribution in [0.3, 0.4) is 0 Å². The van der Waals surface area contributed by atoms with Crippen molar-refractivity contribution in [3.8, 4) is 11.1 Å². The summed E-state index contributed by atoms with van der Waals surface area (Å²) in [6.45, 7) is 8.60. The lowest BCUT2D eigenvalue weighted by molar-refractivity contribution is -0.142. The molecule has 5 rings (SSSR count). The van der Waals surface area contributed by atoms with Crippen molar-refractivity contribution in [2.24, 2.45) is 5.92 Å². The van der Waals surface area contributed by atoms with Crippen molar-refractivity contribution in [3.63, 3.8) is 0 Å². The summed E-state index contributed by atoms with van der Waals surface area (Å²) in [6, 6.07) is 32.3. The van der Waals surface area contributed by atoms with Gasteiger partial charge >= 0.3 is 12.1 Å². The smallest absolute Gasteiger partial charge is 0.407 e. The molecular formula is C47H59N3O11Si. The Morgan fingerprint density at radius 2 is 1.21 bits per heavy atom. The second-order valence-corrected chi connectivity index (χ2v) is 21.3. The van der Waals surface area contributed by atoms with E-state index in [0.717, 1.165) is 32.6 Å². The van der Waals surface area contributed by atoms with Crippen molar-refractivity contribution in [1.29, 1.82) is 0 Å². The van der Waals surface area contributed by atoms with Gasteiger partial charge in [-0.25, -0.2) is 9.59 Å². The summed E-state index contributed by atoms with van der Waals surface area (Å²) in [4.78, 5) is 51.2. The van der Waals surface area contributed by atoms with Gasteiger partial charge < -0.3 is 50.6 Å². The van der Waals surface area contributed by atoms with Gasteiger partial charge in [0.1, 0.15) is 37.0 Å². The highest BCUT2D eigenvalue weighted by atomic mass is 28.4. The molecule has 0 bridgehead atoms. The van der Waals surface area contributed by atoms with Crippen LogP contribution in [0.4, 0.5) is 4.79 Å². The molecule has 3 amide bonds. The number of aliphatic hydroxyl groups is 4. The Morgan fingerprint density at radius 3 is 1.71 bits per heavy atom. The number of hydrogen-bond donors (Lipinski definition) is 8. The van der Waals surface area contributed by atoms with Crippen LogP contribution in [0.1, 0.15) is 64.5 Å². The maximum atomic E-state index is 13.3. The van der Waals surface area contributed by atoms with Crippen LogP contribution >= 0.6 is 0 Å². The molecule has 0 aromatic heterocycles. The summed E-state index contributed by atoms with van der Waals surface area (Å²) in [5, 5.41) is 62.1. The first-order valence-corrected chi connectivity index (χ1v) is 22.8. The van der Waals surface area contributed by atoms with Gasteiger partial charge in [-0.3, -0.25) is 9.59 Å². The first kappa shape index (κ1) is 47.6. The Hall–Kier alpha value is -5.42. The molecule has 0 heterocycles. The molecule has 0 unspecified atom stereocenters. The molecular weight excluding hydrogens is 811 g/mol. The predicted octanol–water partition coefficient (Wildman–Crippen LogP) is 3.04. The molecule has 0 radical (unpaired) electrons. The lowest BCUT2D eigenvalue weighted by atomic mass is 9.98. The average Bonchev–Trinajstić information content (AvgIpc) is 3.58. The number of carbonyl (C=O) groups is 4. The van der Waals surface area contributed by atoms with E-state index in [9.17, 15) is 44.7 Å². The third kappa shape index (κ3) is 11.1. The fourth-order valence-electron chi connectivity index (χ4n) is 8.05. The van der Waals surface area contributed by atoms with E-state index in [-0.39, 0.29) is 25.6 Å². The van der Waals surface area contributed by atoms with E-state index in [4.69, 9.17) is 9.16 Å². The van der Waals surface area contributed by atoms with Crippen LogP contribution < -0.4 is 26.3 Å². The molecule has 0 saturated carbocycles. The number of amides is 3. The predicted molar refractivity (Wildman–Crippen MR) is 236 cm³/mol. The molecule has 1 aliphatic rings.